The summed E-state index contributed by atoms with van der Waals surface area (Å²) >= 11 is 0. The summed E-state index contributed by atoms with van der Waals surface area (Å²) < 4.78 is 0. The Morgan fingerprint density at radius 2 is 2.57 bits per heavy atom. The van der Waals surface area contributed by atoms with E-state index >= 15 is 0 Å². The summed E-state index contributed by atoms with van der Waals surface area (Å²) in [7, 11) is 0. The highest BCUT2D eigenvalue weighted by atomic mass is 14.7. The lowest BCUT2D eigenvalue weighted by atomic mass is 10.4. The monoisotopic (exact) mass is 96.1 g/mol. The second-order valence-corrected chi connectivity index (χ2v) is 1.20. The second-order valence-electron chi connectivity index (χ2n) is 1.20. The third-order valence-corrected chi connectivity index (χ3v) is 0.567. The molecule has 2 nitrogen and oxygen atoms in total. The summed E-state index contributed by atoms with van der Waals surface area (Å²) in [6.07, 6.45) is 5.27. The van der Waals surface area contributed by atoms with Gasteiger partial charge in [-0.1, -0.05) is 13.3 Å². The normalized spacial score (nSPS) is 9.14. The number of hydrogen-bond donors (Lipinski definition) is 0. The van der Waals surface area contributed by atoms with Crippen LogP contribution in [-0.2, 0) is 0 Å². The van der Waals surface area contributed by atoms with Crippen LogP contribution in [0.5, 0.6) is 0 Å². The SMILES string of the molecule is CCC/C=N\C#N. The molecular weight excluding hydrogens is 88.1 g/mol. The minimum Gasteiger partial charge on any atom is -0.186 e. The highest BCUT2D eigenvalue weighted by Gasteiger charge is 1.68. The van der Waals surface area contributed by atoms with Crippen molar-refractivity contribution in [2.75, 3.05) is 0 Å². The van der Waals surface area contributed by atoms with Gasteiger partial charge in [-0.3, -0.25) is 0 Å². The van der Waals surface area contributed by atoms with Gasteiger partial charge in [-0.2, -0.15) is 10.3 Å². The lowest BCUT2D eigenvalue weighted by molar-refractivity contribution is 1.01. The van der Waals surface area contributed by atoms with Crippen molar-refractivity contribution in [2.45, 2.75) is 19.8 Å². The molecule has 0 aliphatic carbocycles. The fourth-order valence-corrected chi connectivity index (χ4v) is 0.234. The largest absolute Gasteiger partial charge is 0.205 e. The third kappa shape index (κ3) is 5.16. The van der Waals surface area contributed by atoms with Crippen LogP contribution in [0.1, 0.15) is 19.8 Å². The first-order chi connectivity index (χ1) is 3.41. The number of aliphatic imine (C=N–C) groups is 1. The van der Waals surface area contributed by atoms with E-state index in [9.17, 15) is 0 Å². The second kappa shape index (κ2) is 5.16. The highest BCUT2D eigenvalue weighted by Crippen LogP contribution is 1.78. The van der Waals surface area contributed by atoms with E-state index in [1.54, 1.807) is 12.4 Å². The Kier molecular flexibility index (Phi) is 4.54. The molecule has 0 rings (SSSR count). The molecule has 0 saturated carbocycles. The van der Waals surface area contributed by atoms with E-state index < -0.39 is 0 Å². The zero-order chi connectivity index (χ0) is 5.54. The number of nitrogens with zero attached hydrogens (tertiary/aromatic N) is 2. The zero-order valence-corrected chi connectivity index (χ0v) is 4.39. The van der Waals surface area contributed by atoms with Gasteiger partial charge in [0, 0.05) is 6.21 Å². The Labute approximate surface area is 43.5 Å². The van der Waals surface area contributed by atoms with Crippen molar-refractivity contribution in [1.29, 1.82) is 5.26 Å². The van der Waals surface area contributed by atoms with Crippen LogP contribution in [0.2, 0.25) is 0 Å². The van der Waals surface area contributed by atoms with Crippen molar-refractivity contribution in [3.63, 3.8) is 0 Å². The van der Waals surface area contributed by atoms with Crippen LogP contribution in [0, 0.1) is 11.5 Å². The summed E-state index contributed by atoms with van der Waals surface area (Å²) in [5.74, 6) is 0. The van der Waals surface area contributed by atoms with Gasteiger partial charge in [-0.05, 0) is 6.42 Å². The molecule has 7 heavy (non-hydrogen) atoms. The molecule has 0 aromatic rings. The Morgan fingerprint density at radius 1 is 1.86 bits per heavy atom. The molecular formula is C5H8N2. The van der Waals surface area contributed by atoms with Crippen LogP contribution in [-0.4, -0.2) is 6.21 Å². The summed E-state index contributed by atoms with van der Waals surface area (Å²) in [5.41, 5.74) is 0. The average Bonchev–Trinajstić information content (AvgIpc) is 1.69. The summed E-state index contributed by atoms with van der Waals surface area (Å²) in [6.45, 7) is 2.05. The molecule has 0 amide bonds. The van der Waals surface area contributed by atoms with Crippen LogP contribution >= 0.6 is 0 Å². The molecule has 0 aromatic heterocycles. The minimum atomic E-state index is 0.910. The first-order valence-electron chi connectivity index (χ1n) is 2.32. The topological polar surface area (TPSA) is 36.1 Å². The van der Waals surface area contributed by atoms with Gasteiger partial charge in [0.25, 0.3) is 0 Å². The molecule has 0 aromatic carbocycles. The number of rotatable bonds is 2. The van der Waals surface area contributed by atoms with Gasteiger partial charge in [0.15, 0.2) is 0 Å². The Hall–Kier alpha value is -0.840. The maximum atomic E-state index is 7.84. The fraction of sp³-hybridized carbons (Fsp3) is 0.600. The van der Waals surface area contributed by atoms with E-state index in [2.05, 4.69) is 4.99 Å². The Morgan fingerprint density at radius 3 is 3.00 bits per heavy atom. The van der Waals surface area contributed by atoms with E-state index in [0.717, 1.165) is 12.8 Å². The fourth-order valence-electron chi connectivity index (χ4n) is 0.234. The standard InChI is InChI=1S/C5H8N2/c1-2-3-4-7-5-6/h4H,2-3H2,1H3/b7-4-. The van der Waals surface area contributed by atoms with Crippen LogP contribution < -0.4 is 0 Å². The van der Waals surface area contributed by atoms with E-state index in [0.29, 0.717) is 0 Å². The van der Waals surface area contributed by atoms with Crippen LogP contribution in [0.25, 0.3) is 0 Å². The summed E-state index contributed by atoms with van der Waals surface area (Å²) in [6, 6.07) is 0. The quantitative estimate of drug-likeness (QED) is 0.377. The van der Waals surface area contributed by atoms with Crippen molar-refractivity contribution >= 4 is 6.21 Å². The van der Waals surface area contributed by atoms with Crippen LogP contribution in [0.4, 0.5) is 0 Å². The number of hydrogen-bond acceptors (Lipinski definition) is 2. The van der Waals surface area contributed by atoms with E-state index in [-0.39, 0.29) is 0 Å². The van der Waals surface area contributed by atoms with Gasteiger partial charge in [0.1, 0.15) is 0 Å². The molecule has 0 atom stereocenters. The van der Waals surface area contributed by atoms with Crippen molar-refractivity contribution in [3.8, 4) is 6.19 Å². The molecule has 0 saturated heterocycles. The smallest absolute Gasteiger partial charge is 0.186 e. The maximum Gasteiger partial charge on any atom is 0.205 e. The van der Waals surface area contributed by atoms with Gasteiger partial charge >= 0.3 is 0 Å². The van der Waals surface area contributed by atoms with Crippen molar-refractivity contribution < 1.29 is 0 Å². The molecule has 0 heterocycles. The van der Waals surface area contributed by atoms with Crippen molar-refractivity contribution in [2.24, 2.45) is 4.99 Å². The molecule has 2 heteroatoms. The molecule has 0 N–H and O–H groups in total. The third-order valence-electron chi connectivity index (χ3n) is 0.567. The van der Waals surface area contributed by atoms with Gasteiger partial charge in [0.05, 0.1) is 0 Å². The van der Waals surface area contributed by atoms with E-state index in [1.807, 2.05) is 6.92 Å². The maximum absolute atomic E-state index is 7.84. The Balaban J connectivity index is 2.97. The molecule has 0 radical (unpaired) electrons. The van der Waals surface area contributed by atoms with Crippen molar-refractivity contribution in [3.05, 3.63) is 0 Å². The first kappa shape index (κ1) is 6.16. The Bertz CT molecular complexity index is 88.7. The number of nitriles is 1. The van der Waals surface area contributed by atoms with Gasteiger partial charge < -0.3 is 0 Å². The summed E-state index contributed by atoms with van der Waals surface area (Å²) in [4.78, 5) is 3.34. The van der Waals surface area contributed by atoms with Crippen LogP contribution in [0.3, 0.4) is 0 Å². The molecule has 0 aliphatic heterocycles. The highest BCUT2D eigenvalue weighted by molar-refractivity contribution is 5.58. The number of unbranched alkanes of at least 4 members (excludes halogenated alkanes) is 1. The molecule has 0 spiro atoms. The van der Waals surface area contributed by atoms with E-state index in [4.69, 9.17) is 5.26 Å². The molecule has 0 bridgehead atoms. The van der Waals surface area contributed by atoms with E-state index in [1.165, 1.54) is 0 Å². The van der Waals surface area contributed by atoms with Crippen molar-refractivity contribution in [1.82, 2.24) is 0 Å². The molecule has 38 valence electrons. The van der Waals surface area contributed by atoms with Crippen LogP contribution in [0.15, 0.2) is 4.99 Å². The molecule has 0 fully saturated rings. The van der Waals surface area contributed by atoms with Gasteiger partial charge in [-0.15, -0.1) is 0 Å². The lowest BCUT2D eigenvalue weighted by Gasteiger charge is -1.74. The molecule has 0 aliphatic rings. The first-order valence-corrected chi connectivity index (χ1v) is 2.32. The summed E-state index contributed by atoms with van der Waals surface area (Å²) in [5, 5.41) is 7.84. The average molecular weight is 96.1 g/mol. The van der Waals surface area contributed by atoms with Gasteiger partial charge in [0.2, 0.25) is 6.19 Å². The lowest BCUT2D eigenvalue weighted by Crippen LogP contribution is -1.67. The minimum absolute atomic E-state index is 0.910. The predicted molar refractivity (Wildman–Crippen MR) is 29.0 cm³/mol. The van der Waals surface area contributed by atoms with Gasteiger partial charge in [-0.25, -0.2) is 0 Å². The predicted octanol–water partition coefficient (Wildman–Crippen LogP) is 1.34. The zero-order valence-electron chi connectivity index (χ0n) is 4.39. The molecule has 0 unspecified atom stereocenters.